The van der Waals surface area contributed by atoms with Gasteiger partial charge in [-0.05, 0) is 44.4 Å². The van der Waals surface area contributed by atoms with E-state index in [2.05, 4.69) is 15.9 Å². The van der Waals surface area contributed by atoms with Gasteiger partial charge in [-0.3, -0.25) is 4.79 Å². The zero-order valence-corrected chi connectivity index (χ0v) is 11.0. The van der Waals surface area contributed by atoms with Gasteiger partial charge in [0.1, 0.15) is 11.5 Å². The van der Waals surface area contributed by atoms with E-state index in [9.17, 15) is 9.90 Å². The molecule has 0 fully saturated rings. The number of Topliss-reactive ketones (excluding diaryl/α,β-unsaturated/α-hetero) is 1. The molecule has 0 amide bonds. The Morgan fingerprint density at radius 1 is 1.20 bits per heavy atom. The average molecular weight is 271 g/mol. The normalized spacial score (nSPS) is 10.5. The van der Waals surface area contributed by atoms with Crippen molar-refractivity contribution in [1.82, 2.24) is 0 Å². The number of benzene rings is 1. The predicted molar refractivity (Wildman–Crippen MR) is 64.4 cm³/mol. The first-order valence-electron chi connectivity index (χ1n) is 4.82. The number of halogens is 1. The molecular formula is C12H15BrO2. The molecule has 2 nitrogen and oxygen atoms in total. The number of hydrogen-bond donors (Lipinski definition) is 1. The molecule has 0 saturated heterocycles. The van der Waals surface area contributed by atoms with Gasteiger partial charge in [-0.25, -0.2) is 0 Å². The van der Waals surface area contributed by atoms with Gasteiger partial charge in [-0.2, -0.15) is 0 Å². The lowest BCUT2D eigenvalue weighted by molar-refractivity contribution is -0.116. The molecule has 0 atom stereocenters. The molecule has 0 heterocycles. The summed E-state index contributed by atoms with van der Waals surface area (Å²) in [6, 6.07) is 0. The number of ketones is 1. The van der Waals surface area contributed by atoms with Crippen LogP contribution in [0.15, 0.2) is 4.47 Å². The van der Waals surface area contributed by atoms with Gasteiger partial charge in [0.25, 0.3) is 0 Å². The van der Waals surface area contributed by atoms with E-state index < -0.39 is 0 Å². The second-order valence-corrected chi connectivity index (χ2v) is 4.69. The molecular weight excluding hydrogens is 256 g/mol. The first-order valence-corrected chi connectivity index (χ1v) is 5.62. The third-order valence-corrected chi connectivity index (χ3v) is 3.93. The Morgan fingerprint density at radius 3 is 2.20 bits per heavy atom. The van der Waals surface area contributed by atoms with E-state index in [1.165, 1.54) is 6.92 Å². The van der Waals surface area contributed by atoms with Crippen LogP contribution in [0.5, 0.6) is 5.75 Å². The number of hydrogen-bond acceptors (Lipinski definition) is 2. The lowest BCUT2D eigenvalue weighted by Crippen LogP contribution is -2.02. The predicted octanol–water partition coefficient (Wildman–Crippen LogP) is 3.21. The molecule has 0 saturated carbocycles. The molecule has 3 heteroatoms. The maximum atomic E-state index is 11.1. The van der Waals surface area contributed by atoms with E-state index in [4.69, 9.17) is 0 Å². The SMILES string of the molecule is CC(=O)Cc1c(C)c(Br)c(C)c(C)c1O. The summed E-state index contributed by atoms with van der Waals surface area (Å²) in [7, 11) is 0. The van der Waals surface area contributed by atoms with Gasteiger partial charge >= 0.3 is 0 Å². The fourth-order valence-corrected chi connectivity index (χ4v) is 2.16. The molecule has 1 aromatic carbocycles. The Morgan fingerprint density at radius 2 is 1.73 bits per heavy atom. The number of carbonyl (C=O) groups excluding carboxylic acids is 1. The zero-order chi connectivity index (χ0) is 11.7. The summed E-state index contributed by atoms with van der Waals surface area (Å²) in [5.74, 6) is 0.312. The molecule has 0 aromatic heterocycles. The van der Waals surface area contributed by atoms with Crippen LogP contribution in [0, 0.1) is 20.8 Å². The number of rotatable bonds is 2. The molecule has 0 radical (unpaired) electrons. The quantitative estimate of drug-likeness (QED) is 0.896. The third-order valence-electron chi connectivity index (χ3n) is 2.74. The maximum Gasteiger partial charge on any atom is 0.134 e. The monoisotopic (exact) mass is 270 g/mol. The van der Waals surface area contributed by atoms with Crippen LogP contribution in [0.2, 0.25) is 0 Å². The summed E-state index contributed by atoms with van der Waals surface area (Å²) >= 11 is 3.48. The van der Waals surface area contributed by atoms with Gasteiger partial charge in [-0.1, -0.05) is 15.9 Å². The van der Waals surface area contributed by atoms with E-state index in [0.29, 0.717) is 0 Å². The van der Waals surface area contributed by atoms with Crippen LogP contribution in [-0.2, 0) is 11.2 Å². The van der Waals surface area contributed by atoms with Crippen LogP contribution in [0.25, 0.3) is 0 Å². The van der Waals surface area contributed by atoms with Crippen molar-refractivity contribution in [1.29, 1.82) is 0 Å². The van der Waals surface area contributed by atoms with Gasteiger partial charge < -0.3 is 5.11 Å². The number of aromatic hydroxyl groups is 1. The molecule has 0 aliphatic rings. The van der Waals surface area contributed by atoms with E-state index in [0.717, 1.165) is 26.7 Å². The van der Waals surface area contributed by atoms with Crippen LogP contribution in [0.1, 0.15) is 29.2 Å². The summed E-state index contributed by atoms with van der Waals surface area (Å²) in [4.78, 5) is 11.1. The van der Waals surface area contributed by atoms with Gasteiger partial charge in [0, 0.05) is 16.5 Å². The molecule has 0 unspecified atom stereocenters. The highest BCUT2D eigenvalue weighted by Crippen LogP contribution is 2.35. The van der Waals surface area contributed by atoms with E-state index in [-0.39, 0.29) is 18.0 Å². The fraction of sp³-hybridized carbons (Fsp3) is 0.417. The van der Waals surface area contributed by atoms with Crippen molar-refractivity contribution in [3.63, 3.8) is 0 Å². The summed E-state index contributed by atoms with van der Waals surface area (Å²) in [6.45, 7) is 7.25. The summed E-state index contributed by atoms with van der Waals surface area (Å²) in [5, 5.41) is 9.96. The summed E-state index contributed by atoms with van der Waals surface area (Å²) in [5.41, 5.74) is 3.55. The molecule has 0 spiro atoms. The number of phenolic OH excluding ortho intramolecular Hbond substituents is 1. The van der Waals surface area contributed by atoms with Crippen molar-refractivity contribution in [2.75, 3.05) is 0 Å². The van der Waals surface area contributed by atoms with Crippen molar-refractivity contribution in [2.45, 2.75) is 34.1 Å². The molecule has 1 aromatic rings. The fourth-order valence-electron chi connectivity index (χ4n) is 1.63. The molecule has 15 heavy (non-hydrogen) atoms. The van der Waals surface area contributed by atoms with Gasteiger partial charge in [-0.15, -0.1) is 0 Å². The van der Waals surface area contributed by atoms with Crippen LogP contribution in [0.3, 0.4) is 0 Å². The van der Waals surface area contributed by atoms with Crippen LogP contribution < -0.4 is 0 Å². The molecule has 0 bridgehead atoms. The molecule has 0 aliphatic carbocycles. The molecule has 0 aliphatic heterocycles. The van der Waals surface area contributed by atoms with Crippen LogP contribution in [0.4, 0.5) is 0 Å². The largest absolute Gasteiger partial charge is 0.507 e. The second-order valence-electron chi connectivity index (χ2n) is 3.89. The van der Waals surface area contributed by atoms with Crippen molar-refractivity contribution >= 4 is 21.7 Å². The minimum atomic E-state index is 0.0588. The lowest BCUT2D eigenvalue weighted by Gasteiger charge is -2.15. The molecule has 1 rings (SSSR count). The van der Waals surface area contributed by atoms with E-state index >= 15 is 0 Å². The maximum absolute atomic E-state index is 11.1. The Balaban J connectivity index is 3.45. The van der Waals surface area contributed by atoms with Crippen LogP contribution in [-0.4, -0.2) is 10.9 Å². The first-order chi connectivity index (χ1) is 6.86. The standard InChI is InChI=1S/C12H15BrO2/c1-6(14)5-10-9(4)11(13)7(2)8(3)12(10)15/h15H,5H2,1-4H3. The smallest absolute Gasteiger partial charge is 0.134 e. The highest BCUT2D eigenvalue weighted by molar-refractivity contribution is 9.10. The minimum absolute atomic E-state index is 0.0588. The first kappa shape index (κ1) is 12.2. The van der Waals surface area contributed by atoms with E-state index in [1.54, 1.807) is 0 Å². The lowest BCUT2D eigenvalue weighted by atomic mass is 9.96. The van der Waals surface area contributed by atoms with Crippen molar-refractivity contribution in [3.8, 4) is 5.75 Å². The Bertz CT molecular complexity index is 393. The average Bonchev–Trinajstić information content (AvgIpc) is 2.18. The van der Waals surface area contributed by atoms with Crippen molar-refractivity contribution in [3.05, 3.63) is 26.7 Å². The number of carbonyl (C=O) groups is 1. The highest BCUT2D eigenvalue weighted by atomic mass is 79.9. The van der Waals surface area contributed by atoms with Gasteiger partial charge in [0.15, 0.2) is 0 Å². The van der Waals surface area contributed by atoms with E-state index in [1.807, 2.05) is 20.8 Å². The van der Waals surface area contributed by atoms with Crippen molar-refractivity contribution in [2.24, 2.45) is 0 Å². The van der Waals surface area contributed by atoms with Gasteiger partial charge in [0.05, 0.1) is 0 Å². The Kier molecular flexibility index (Phi) is 3.55. The topological polar surface area (TPSA) is 37.3 Å². The second kappa shape index (κ2) is 4.35. The Hall–Kier alpha value is -0.830. The number of phenols is 1. The summed E-state index contributed by atoms with van der Waals surface area (Å²) < 4.78 is 0.981. The third kappa shape index (κ3) is 2.23. The molecule has 82 valence electrons. The highest BCUT2D eigenvalue weighted by Gasteiger charge is 2.16. The zero-order valence-electron chi connectivity index (χ0n) is 9.44. The van der Waals surface area contributed by atoms with Gasteiger partial charge in [0.2, 0.25) is 0 Å². The summed E-state index contributed by atoms with van der Waals surface area (Å²) in [6.07, 6.45) is 0.289. The Labute approximate surface area is 98.4 Å². The van der Waals surface area contributed by atoms with Crippen molar-refractivity contribution < 1.29 is 9.90 Å². The van der Waals surface area contributed by atoms with Crippen LogP contribution >= 0.6 is 15.9 Å². The minimum Gasteiger partial charge on any atom is -0.507 e. The molecule has 1 N–H and O–H groups in total.